The number of nitrogens with one attached hydrogen (secondary N) is 1. The topological polar surface area (TPSA) is 122 Å². The van der Waals surface area contributed by atoms with E-state index in [0.717, 1.165) is 5.56 Å². The number of hydrogen-bond donors (Lipinski definition) is 3. The second-order valence-corrected chi connectivity index (χ2v) is 7.32. The molecule has 146 valence electrons. The fourth-order valence-corrected chi connectivity index (χ4v) is 3.94. The quantitative estimate of drug-likeness (QED) is 0.602. The average molecular weight is 373 g/mol. The van der Waals surface area contributed by atoms with Crippen LogP contribution in [0.3, 0.4) is 0 Å². The van der Waals surface area contributed by atoms with Crippen LogP contribution >= 0.6 is 0 Å². The molecule has 2 heterocycles. The van der Waals surface area contributed by atoms with Crippen LogP contribution in [0, 0.1) is 0 Å². The van der Waals surface area contributed by atoms with Crippen molar-refractivity contribution < 1.29 is 14.4 Å². The number of nitrogens with zero attached hydrogens (tertiary/aromatic N) is 2. The standard InChI is InChI=1S/C19H27N5O3/c20-15(6-7-16(21)25)17(26)23-10-11-24(12-14-4-2-1-3-5-14)19(13-23)8-9-22-18(19)27/h1-5,15H,6-13,20H2,(H2,21,25)(H,22,27)/t15-,19?/m0/s1. The number of hydrogen-bond acceptors (Lipinski definition) is 5. The Labute approximate surface area is 158 Å². The van der Waals surface area contributed by atoms with Crippen LogP contribution in [0.2, 0.25) is 0 Å². The number of piperazine rings is 1. The van der Waals surface area contributed by atoms with Gasteiger partial charge in [-0.3, -0.25) is 19.3 Å². The SMILES string of the molecule is NC(=O)CC[C@H](N)C(=O)N1CCN(Cc2ccccc2)C2(CCNC2=O)C1. The summed E-state index contributed by atoms with van der Waals surface area (Å²) in [6.45, 7) is 2.67. The van der Waals surface area contributed by atoms with Gasteiger partial charge in [-0.2, -0.15) is 0 Å². The molecule has 1 aromatic rings. The first-order valence-corrected chi connectivity index (χ1v) is 9.32. The van der Waals surface area contributed by atoms with Gasteiger partial charge in [0.1, 0.15) is 5.54 Å². The maximum Gasteiger partial charge on any atom is 0.242 e. The van der Waals surface area contributed by atoms with Crippen LogP contribution in [0.15, 0.2) is 30.3 Å². The van der Waals surface area contributed by atoms with E-state index in [2.05, 4.69) is 10.2 Å². The van der Waals surface area contributed by atoms with Gasteiger partial charge in [-0.1, -0.05) is 30.3 Å². The van der Waals surface area contributed by atoms with E-state index in [4.69, 9.17) is 11.5 Å². The second kappa shape index (κ2) is 8.06. The predicted molar refractivity (Wildman–Crippen MR) is 100 cm³/mol. The van der Waals surface area contributed by atoms with Crippen molar-refractivity contribution in [3.63, 3.8) is 0 Å². The number of benzene rings is 1. The molecule has 27 heavy (non-hydrogen) atoms. The first-order valence-electron chi connectivity index (χ1n) is 9.32. The van der Waals surface area contributed by atoms with Crippen LogP contribution < -0.4 is 16.8 Å². The van der Waals surface area contributed by atoms with Crippen molar-refractivity contribution in [3.05, 3.63) is 35.9 Å². The summed E-state index contributed by atoms with van der Waals surface area (Å²) >= 11 is 0. The summed E-state index contributed by atoms with van der Waals surface area (Å²) < 4.78 is 0. The fourth-order valence-electron chi connectivity index (χ4n) is 3.94. The third-order valence-electron chi connectivity index (χ3n) is 5.49. The van der Waals surface area contributed by atoms with Crippen LogP contribution in [-0.2, 0) is 20.9 Å². The Bertz CT molecular complexity index is 711. The Morgan fingerprint density at radius 1 is 1.22 bits per heavy atom. The lowest BCUT2D eigenvalue weighted by atomic mass is 9.90. The summed E-state index contributed by atoms with van der Waals surface area (Å²) in [6, 6.07) is 9.23. The van der Waals surface area contributed by atoms with Gasteiger partial charge in [0.05, 0.1) is 6.04 Å². The first-order chi connectivity index (χ1) is 12.9. The Kier molecular flexibility index (Phi) is 5.76. The molecule has 2 fully saturated rings. The van der Waals surface area contributed by atoms with Crippen LogP contribution in [0.4, 0.5) is 0 Å². The zero-order valence-corrected chi connectivity index (χ0v) is 15.4. The summed E-state index contributed by atoms with van der Waals surface area (Å²) in [6.07, 6.45) is 0.947. The largest absolute Gasteiger partial charge is 0.370 e. The molecule has 0 radical (unpaired) electrons. The molecule has 8 nitrogen and oxygen atoms in total. The van der Waals surface area contributed by atoms with Crippen molar-refractivity contribution in [1.82, 2.24) is 15.1 Å². The molecule has 0 aromatic heterocycles. The van der Waals surface area contributed by atoms with Crippen molar-refractivity contribution in [2.75, 3.05) is 26.2 Å². The Morgan fingerprint density at radius 2 is 1.96 bits per heavy atom. The first kappa shape index (κ1) is 19.3. The van der Waals surface area contributed by atoms with Crippen molar-refractivity contribution >= 4 is 17.7 Å². The highest BCUT2D eigenvalue weighted by molar-refractivity contribution is 5.90. The Morgan fingerprint density at radius 3 is 2.59 bits per heavy atom. The van der Waals surface area contributed by atoms with Crippen LogP contribution in [0.1, 0.15) is 24.8 Å². The number of amides is 3. The van der Waals surface area contributed by atoms with E-state index in [1.165, 1.54) is 0 Å². The number of nitrogens with two attached hydrogens (primary N) is 2. The fraction of sp³-hybridized carbons (Fsp3) is 0.526. The zero-order chi connectivity index (χ0) is 19.4. The van der Waals surface area contributed by atoms with Gasteiger partial charge < -0.3 is 21.7 Å². The summed E-state index contributed by atoms with van der Waals surface area (Å²) in [5.41, 5.74) is 11.5. The molecule has 3 rings (SSSR count). The maximum atomic E-state index is 12.7. The number of rotatable bonds is 6. The van der Waals surface area contributed by atoms with Crippen molar-refractivity contribution in [2.45, 2.75) is 37.4 Å². The number of primary amides is 1. The average Bonchev–Trinajstić information content (AvgIpc) is 3.02. The highest BCUT2D eigenvalue weighted by atomic mass is 16.2. The molecule has 2 atom stereocenters. The van der Waals surface area contributed by atoms with Gasteiger partial charge in [-0.15, -0.1) is 0 Å². The van der Waals surface area contributed by atoms with Crippen LogP contribution in [0.5, 0.6) is 0 Å². The lowest BCUT2D eigenvalue weighted by Gasteiger charge is -2.47. The highest BCUT2D eigenvalue weighted by Crippen LogP contribution is 2.31. The summed E-state index contributed by atoms with van der Waals surface area (Å²) in [4.78, 5) is 40.2. The molecule has 2 aliphatic heterocycles. The van der Waals surface area contributed by atoms with Crippen LogP contribution in [-0.4, -0.2) is 65.3 Å². The zero-order valence-electron chi connectivity index (χ0n) is 15.4. The molecular weight excluding hydrogens is 346 g/mol. The summed E-state index contributed by atoms with van der Waals surface area (Å²) in [5.74, 6) is -0.742. The molecule has 3 amide bonds. The van der Waals surface area contributed by atoms with Gasteiger partial charge in [0.15, 0.2) is 0 Å². The van der Waals surface area contributed by atoms with E-state index >= 15 is 0 Å². The lowest BCUT2D eigenvalue weighted by Crippen LogP contribution is -2.67. The van der Waals surface area contributed by atoms with Gasteiger partial charge in [-0.05, 0) is 18.4 Å². The van der Waals surface area contributed by atoms with Gasteiger partial charge in [0.25, 0.3) is 0 Å². The van der Waals surface area contributed by atoms with E-state index in [9.17, 15) is 14.4 Å². The minimum absolute atomic E-state index is 0.0401. The van der Waals surface area contributed by atoms with Crippen molar-refractivity contribution in [3.8, 4) is 0 Å². The monoisotopic (exact) mass is 373 g/mol. The Hall–Kier alpha value is -2.45. The third-order valence-corrected chi connectivity index (χ3v) is 5.49. The van der Waals surface area contributed by atoms with E-state index in [1.54, 1.807) is 4.90 Å². The van der Waals surface area contributed by atoms with Gasteiger partial charge >= 0.3 is 0 Å². The number of carbonyl (C=O) groups excluding carboxylic acids is 3. The minimum atomic E-state index is -0.778. The van der Waals surface area contributed by atoms with E-state index in [0.29, 0.717) is 39.1 Å². The Balaban J connectivity index is 1.73. The molecule has 0 saturated carbocycles. The molecular formula is C19H27N5O3. The van der Waals surface area contributed by atoms with Gasteiger partial charge in [0, 0.05) is 39.1 Å². The molecule has 1 spiro atoms. The molecule has 8 heteroatoms. The molecule has 0 aliphatic carbocycles. The summed E-state index contributed by atoms with van der Waals surface area (Å²) in [7, 11) is 0. The van der Waals surface area contributed by atoms with Crippen molar-refractivity contribution in [1.29, 1.82) is 0 Å². The third kappa shape index (κ3) is 4.12. The molecule has 1 aromatic carbocycles. The van der Waals surface area contributed by atoms with Gasteiger partial charge in [-0.25, -0.2) is 0 Å². The van der Waals surface area contributed by atoms with Crippen LogP contribution in [0.25, 0.3) is 0 Å². The van der Waals surface area contributed by atoms with Crippen molar-refractivity contribution in [2.24, 2.45) is 11.5 Å². The summed E-state index contributed by atoms with van der Waals surface area (Å²) in [5, 5.41) is 2.91. The van der Waals surface area contributed by atoms with E-state index < -0.39 is 17.5 Å². The maximum absolute atomic E-state index is 12.7. The molecule has 0 bridgehead atoms. The van der Waals surface area contributed by atoms with E-state index in [1.807, 2.05) is 30.3 Å². The minimum Gasteiger partial charge on any atom is -0.370 e. The molecule has 1 unspecified atom stereocenters. The predicted octanol–water partition coefficient (Wildman–Crippen LogP) is -0.818. The smallest absolute Gasteiger partial charge is 0.242 e. The molecule has 2 aliphatic rings. The second-order valence-electron chi connectivity index (χ2n) is 7.32. The van der Waals surface area contributed by atoms with E-state index in [-0.39, 0.29) is 24.7 Å². The highest BCUT2D eigenvalue weighted by Gasteiger charge is 2.51. The molecule has 5 N–H and O–H groups in total. The van der Waals surface area contributed by atoms with Gasteiger partial charge in [0.2, 0.25) is 17.7 Å². The molecule has 2 saturated heterocycles. The number of carbonyl (C=O) groups is 3. The normalized spacial score (nSPS) is 24.0. The lowest BCUT2D eigenvalue weighted by molar-refractivity contribution is -0.145.